The van der Waals surface area contributed by atoms with Gasteiger partial charge in [0.05, 0.1) is 24.3 Å². The van der Waals surface area contributed by atoms with Gasteiger partial charge < -0.3 is 19.7 Å². The molecule has 0 radical (unpaired) electrons. The minimum absolute atomic E-state index is 0.0479. The van der Waals surface area contributed by atoms with E-state index in [1.54, 1.807) is 69.5 Å². The van der Waals surface area contributed by atoms with Crippen LogP contribution in [0.3, 0.4) is 0 Å². The molecule has 11 heteroatoms. The summed E-state index contributed by atoms with van der Waals surface area (Å²) in [6.07, 6.45) is 0. The number of nitrogens with one attached hydrogen (secondary N) is 1. The number of benzene rings is 3. The molecule has 0 fully saturated rings. The van der Waals surface area contributed by atoms with E-state index in [0.717, 1.165) is 9.87 Å². The van der Waals surface area contributed by atoms with Crippen LogP contribution in [-0.2, 0) is 26.2 Å². The van der Waals surface area contributed by atoms with Crippen LogP contribution in [0.4, 0.5) is 5.69 Å². The molecular weight excluding hydrogens is 566 g/mol. The second-order valence-electron chi connectivity index (χ2n) is 9.58. The number of carbonyl (C=O) groups excluding carboxylic acids is 2. The molecule has 1 unspecified atom stereocenters. The number of anilines is 1. The molecule has 0 spiro atoms. The SMILES string of the molecule is CCOc1ccccc1N(CC(=O)N(Cc1ccc(OC)cc1)C(C)C(=O)NC(C)C)S(=O)(=O)c1ccc(Cl)cc1. The highest BCUT2D eigenvalue weighted by Gasteiger charge is 2.34. The largest absolute Gasteiger partial charge is 0.497 e. The van der Waals surface area contributed by atoms with E-state index in [0.29, 0.717) is 16.5 Å². The summed E-state index contributed by atoms with van der Waals surface area (Å²) in [6, 6.07) is 18.4. The third-order valence-corrected chi connectivity index (χ3v) is 8.25. The lowest BCUT2D eigenvalue weighted by molar-refractivity contribution is -0.139. The first-order valence-electron chi connectivity index (χ1n) is 13.2. The van der Waals surface area contributed by atoms with Gasteiger partial charge in [-0.15, -0.1) is 0 Å². The van der Waals surface area contributed by atoms with Crippen LogP contribution in [-0.4, -0.2) is 57.5 Å². The predicted molar refractivity (Wildman–Crippen MR) is 160 cm³/mol. The Labute approximate surface area is 247 Å². The minimum Gasteiger partial charge on any atom is -0.497 e. The van der Waals surface area contributed by atoms with Crippen molar-refractivity contribution in [2.75, 3.05) is 24.6 Å². The van der Waals surface area contributed by atoms with Gasteiger partial charge in [-0.3, -0.25) is 13.9 Å². The molecule has 0 saturated carbocycles. The lowest BCUT2D eigenvalue weighted by Gasteiger charge is -2.32. The zero-order chi connectivity index (χ0) is 30.2. The smallest absolute Gasteiger partial charge is 0.264 e. The van der Waals surface area contributed by atoms with Gasteiger partial charge in [-0.2, -0.15) is 0 Å². The summed E-state index contributed by atoms with van der Waals surface area (Å²) in [5, 5.41) is 3.21. The standard InChI is InChI=1S/C30H36ClN3O6S/c1-6-40-28-10-8-7-9-27(28)34(41(37,38)26-17-13-24(31)14-18-26)20-29(35)33(22(4)30(36)32-21(2)3)19-23-11-15-25(39-5)16-12-23/h7-18,21-22H,6,19-20H2,1-5H3,(H,32,36). The molecule has 9 nitrogen and oxygen atoms in total. The van der Waals surface area contributed by atoms with Crippen molar-refractivity contribution in [3.05, 3.63) is 83.4 Å². The zero-order valence-corrected chi connectivity index (χ0v) is 25.4. The van der Waals surface area contributed by atoms with E-state index in [1.165, 1.54) is 29.2 Å². The average Bonchev–Trinajstić information content (AvgIpc) is 2.95. The molecule has 2 amide bonds. The molecule has 220 valence electrons. The number of carbonyl (C=O) groups is 2. The molecule has 0 heterocycles. The number of rotatable bonds is 13. The summed E-state index contributed by atoms with van der Waals surface area (Å²) in [7, 11) is -2.70. The van der Waals surface area contributed by atoms with Crippen molar-refractivity contribution in [3.8, 4) is 11.5 Å². The maximum absolute atomic E-state index is 14.0. The van der Waals surface area contributed by atoms with Gasteiger partial charge in [-0.1, -0.05) is 35.9 Å². The Morgan fingerprint density at radius 3 is 2.17 bits per heavy atom. The number of amides is 2. The first-order chi connectivity index (χ1) is 19.5. The molecule has 1 atom stereocenters. The third-order valence-electron chi connectivity index (χ3n) is 6.22. The predicted octanol–water partition coefficient (Wildman–Crippen LogP) is 4.88. The van der Waals surface area contributed by atoms with E-state index in [2.05, 4.69) is 5.32 Å². The van der Waals surface area contributed by atoms with Crippen molar-refractivity contribution in [3.63, 3.8) is 0 Å². The van der Waals surface area contributed by atoms with Gasteiger partial charge in [0.1, 0.15) is 24.1 Å². The van der Waals surface area contributed by atoms with Crippen LogP contribution >= 0.6 is 11.6 Å². The molecule has 0 bridgehead atoms. The monoisotopic (exact) mass is 601 g/mol. The maximum Gasteiger partial charge on any atom is 0.264 e. The number of ether oxygens (including phenoxy) is 2. The summed E-state index contributed by atoms with van der Waals surface area (Å²) < 4.78 is 40.0. The quantitative estimate of drug-likeness (QED) is 0.299. The highest BCUT2D eigenvalue weighted by molar-refractivity contribution is 7.92. The first-order valence-corrected chi connectivity index (χ1v) is 15.0. The molecule has 0 aliphatic heterocycles. The molecule has 41 heavy (non-hydrogen) atoms. The molecule has 0 aromatic heterocycles. The molecule has 1 N–H and O–H groups in total. The van der Waals surface area contributed by atoms with E-state index >= 15 is 0 Å². The number of para-hydroxylation sites is 2. The van der Waals surface area contributed by atoms with Crippen molar-refractivity contribution in [2.24, 2.45) is 0 Å². The van der Waals surface area contributed by atoms with Crippen LogP contribution in [0.15, 0.2) is 77.7 Å². The molecule has 0 saturated heterocycles. The first kappa shape index (κ1) is 31.8. The Morgan fingerprint density at radius 1 is 0.951 bits per heavy atom. The molecule has 3 rings (SSSR count). The van der Waals surface area contributed by atoms with Gasteiger partial charge in [0, 0.05) is 17.6 Å². The number of nitrogens with zero attached hydrogens (tertiary/aromatic N) is 2. The van der Waals surface area contributed by atoms with Crippen LogP contribution in [0.25, 0.3) is 0 Å². The summed E-state index contributed by atoms with van der Waals surface area (Å²) in [5.74, 6) is 0.0115. The van der Waals surface area contributed by atoms with Gasteiger partial charge in [0.2, 0.25) is 11.8 Å². The Kier molecular flexibility index (Phi) is 11.0. The van der Waals surface area contributed by atoms with Gasteiger partial charge in [0.25, 0.3) is 10.0 Å². The third kappa shape index (κ3) is 8.14. The number of hydrogen-bond acceptors (Lipinski definition) is 6. The van der Waals surface area contributed by atoms with Crippen LogP contribution in [0.1, 0.15) is 33.3 Å². The molecule has 3 aromatic rings. The second kappa shape index (κ2) is 14.2. The highest BCUT2D eigenvalue weighted by Crippen LogP contribution is 2.33. The fourth-order valence-corrected chi connectivity index (χ4v) is 5.65. The van der Waals surface area contributed by atoms with Crippen molar-refractivity contribution >= 4 is 39.1 Å². The van der Waals surface area contributed by atoms with Gasteiger partial charge in [-0.25, -0.2) is 8.42 Å². The van der Waals surface area contributed by atoms with Crippen LogP contribution in [0.5, 0.6) is 11.5 Å². The average molecular weight is 602 g/mol. The van der Waals surface area contributed by atoms with Gasteiger partial charge in [0.15, 0.2) is 0 Å². The van der Waals surface area contributed by atoms with E-state index in [4.69, 9.17) is 21.1 Å². The van der Waals surface area contributed by atoms with Crippen LogP contribution in [0, 0.1) is 0 Å². The van der Waals surface area contributed by atoms with E-state index < -0.39 is 28.5 Å². The van der Waals surface area contributed by atoms with Crippen LogP contribution in [0.2, 0.25) is 5.02 Å². The van der Waals surface area contributed by atoms with Crippen LogP contribution < -0.4 is 19.1 Å². The van der Waals surface area contributed by atoms with E-state index in [9.17, 15) is 18.0 Å². The summed E-state index contributed by atoms with van der Waals surface area (Å²) in [6.45, 7) is 6.82. The number of hydrogen-bond donors (Lipinski definition) is 1. The van der Waals surface area contributed by atoms with E-state index in [-0.39, 0.29) is 35.7 Å². The van der Waals surface area contributed by atoms with Crippen molar-refractivity contribution in [2.45, 2.75) is 51.2 Å². The fourth-order valence-electron chi connectivity index (χ4n) is 4.10. The zero-order valence-electron chi connectivity index (χ0n) is 23.8. The highest BCUT2D eigenvalue weighted by atomic mass is 35.5. The Balaban J connectivity index is 2.07. The normalized spacial score (nSPS) is 12.0. The van der Waals surface area contributed by atoms with Crippen molar-refractivity contribution in [1.29, 1.82) is 0 Å². The van der Waals surface area contributed by atoms with E-state index in [1.807, 2.05) is 13.8 Å². The lowest BCUT2D eigenvalue weighted by Crippen LogP contribution is -2.52. The number of halogens is 1. The Bertz CT molecular complexity index is 1430. The molecule has 3 aromatic carbocycles. The fraction of sp³-hybridized carbons (Fsp3) is 0.333. The second-order valence-corrected chi connectivity index (χ2v) is 11.9. The van der Waals surface area contributed by atoms with Crippen molar-refractivity contribution < 1.29 is 27.5 Å². The summed E-state index contributed by atoms with van der Waals surface area (Å²) in [5.41, 5.74) is 0.937. The Hall–Kier alpha value is -3.76. The topological polar surface area (TPSA) is 105 Å². The number of methoxy groups -OCH3 is 1. The summed E-state index contributed by atoms with van der Waals surface area (Å²) >= 11 is 6.01. The molecule has 0 aliphatic carbocycles. The molecule has 0 aliphatic rings. The van der Waals surface area contributed by atoms with Crippen molar-refractivity contribution in [1.82, 2.24) is 10.2 Å². The van der Waals surface area contributed by atoms with Gasteiger partial charge >= 0.3 is 0 Å². The number of sulfonamides is 1. The Morgan fingerprint density at radius 2 is 1.59 bits per heavy atom. The summed E-state index contributed by atoms with van der Waals surface area (Å²) in [4.78, 5) is 28.4. The van der Waals surface area contributed by atoms with Gasteiger partial charge in [-0.05, 0) is 81.8 Å². The lowest BCUT2D eigenvalue weighted by atomic mass is 10.1. The minimum atomic E-state index is -4.26. The molecular formula is C30H36ClN3O6S. The maximum atomic E-state index is 14.0.